The zero-order valence-electron chi connectivity index (χ0n) is 19.7. The van der Waals surface area contributed by atoms with Gasteiger partial charge >= 0.3 is 29.6 Å². The molecule has 0 aromatic heterocycles. The third kappa shape index (κ3) is 21.9. The van der Waals surface area contributed by atoms with Crippen LogP contribution in [0.3, 0.4) is 0 Å². The van der Waals surface area contributed by atoms with Gasteiger partial charge in [0.1, 0.15) is 0 Å². The number of unbranched alkanes of at least 4 members (excludes halogenated alkanes) is 13. The Morgan fingerprint density at radius 2 is 1.03 bits per heavy atom. The Hall–Kier alpha value is 0.870. The van der Waals surface area contributed by atoms with Crippen molar-refractivity contribution in [2.75, 3.05) is 0 Å². The SMILES string of the molecule is CCCCCCCCCCCCCCCCC(O)CCCC(CC)S(=O)(=O)[O-].[Na+]. The summed E-state index contributed by atoms with van der Waals surface area (Å²) >= 11 is 0. The van der Waals surface area contributed by atoms with Crippen LogP contribution in [0.5, 0.6) is 0 Å². The minimum atomic E-state index is -4.19. The van der Waals surface area contributed by atoms with Gasteiger partial charge in [-0.3, -0.25) is 0 Å². The van der Waals surface area contributed by atoms with Crippen molar-refractivity contribution in [3.05, 3.63) is 0 Å². The van der Waals surface area contributed by atoms with Crippen LogP contribution in [0.15, 0.2) is 0 Å². The Morgan fingerprint density at radius 1 is 0.655 bits per heavy atom. The molecule has 170 valence electrons. The van der Waals surface area contributed by atoms with Gasteiger partial charge in [0.2, 0.25) is 0 Å². The maximum Gasteiger partial charge on any atom is 1.00 e. The second kappa shape index (κ2) is 22.1. The molecule has 0 aromatic carbocycles. The molecule has 0 radical (unpaired) electrons. The summed E-state index contributed by atoms with van der Waals surface area (Å²) in [4.78, 5) is 0. The van der Waals surface area contributed by atoms with Gasteiger partial charge in [0.15, 0.2) is 0 Å². The summed E-state index contributed by atoms with van der Waals surface area (Å²) in [5.74, 6) is 0. The normalized spacial score (nSPS) is 13.8. The molecule has 4 nitrogen and oxygen atoms in total. The van der Waals surface area contributed by atoms with E-state index in [0.29, 0.717) is 25.7 Å². The first-order valence-corrected chi connectivity index (χ1v) is 13.5. The van der Waals surface area contributed by atoms with E-state index in [1.165, 1.54) is 83.5 Å². The van der Waals surface area contributed by atoms with E-state index in [-0.39, 0.29) is 35.7 Å². The van der Waals surface area contributed by atoms with Crippen molar-refractivity contribution < 1.29 is 47.6 Å². The predicted molar refractivity (Wildman–Crippen MR) is 119 cm³/mol. The fourth-order valence-electron chi connectivity index (χ4n) is 3.85. The van der Waals surface area contributed by atoms with Crippen LogP contribution >= 0.6 is 0 Å². The zero-order valence-corrected chi connectivity index (χ0v) is 22.5. The molecular formula is C23H47NaO4S. The van der Waals surface area contributed by atoms with Gasteiger partial charge in [-0.2, -0.15) is 0 Å². The number of hydrogen-bond donors (Lipinski definition) is 1. The van der Waals surface area contributed by atoms with E-state index in [2.05, 4.69) is 6.92 Å². The molecule has 0 rings (SSSR count). The largest absolute Gasteiger partial charge is 1.00 e. The Balaban J connectivity index is 0. The van der Waals surface area contributed by atoms with Gasteiger partial charge in [-0.25, -0.2) is 8.42 Å². The maximum atomic E-state index is 11.0. The zero-order chi connectivity index (χ0) is 21.1. The minimum Gasteiger partial charge on any atom is -0.748 e. The monoisotopic (exact) mass is 442 g/mol. The van der Waals surface area contributed by atoms with Crippen molar-refractivity contribution in [2.24, 2.45) is 0 Å². The molecule has 0 spiro atoms. The molecule has 0 aliphatic carbocycles. The molecule has 2 unspecified atom stereocenters. The molecule has 0 bridgehead atoms. The van der Waals surface area contributed by atoms with Crippen molar-refractivity contribution >= 4 is 10.1 Å². The van der Waals surface area contributed by atoms with Crippen LogP contribution in [-0.2, 0) is 10.1 Å². The van der Waals surface area contributed by atoms with Crippen LogP contribution in [0.1, 0.15) is 136 Å². The van der Waals surface area contributed by atoms with E-state index in [9.17, 15) is 18.1 Å². The molecule has 0 saturated heterocycles. The van der Waals surface area contributed by atoms with Crippen molar-refractivity contribution in [2.45, 2.75) is 147 Å². The summed E-state index contributed by atoms with van der Waals surface area (Å²) in [6.07, 6.45) is 21.0. The third-order valence-corrected chi connectivity index (χ3v) is 7.20. The molecule has 0 aliphatic heterocycles. The number of hydrogen-bond acceptors (Lipinski definition) is 4. The average Bonchev–Trinajstić information content (AvgIpc) is 2.64. The van der Waals surface area contributed by atoms with E-state index in [1.54, 1.807) is 6.92 Å². The standard InChI is InChI=1S/C23H48O4S.Na/c1-3-5-6-7-8-9-10-11-12-13-14-15-16-17-19-22(24)20-18-21-23(4-2)28(25,26)27;/h22-24H,3-21H2,1-2H3,(H,25,26,27);/q;+1/p-1. The molecule has 2 atom stereocenters. The first-order chi connectivity index (χ1) is 13.4. The van der Waals surface area contributed by atoms with Crippen molar-refractivity contribution in [1.29, 1.82) is 0 Å². The fraction of sp³-hybridized carbons (Fsp3) is 1.00. The van der Waals surface area contributed by atoms with Gasteiger partial charge in [0.25, 0.3) is 0 Å². The molecular weight excluding hydrogens is 395 g/mol. The molecule has 0 aromatic rings. The molecule has 29 heavy (non-hydrogen) atoms. The Labute approximate surface area is 204 Å². The third-order valence-electron chi connectivity index (χ3n) is 5.82. The molecule has 0 amide bonds. The summed E-state index contributed by atoms with van der Waals surface area (Å²) in [5, 5.41) is 9.21. The van der Waals surface area contributed by atoms with Gasteiger partial charge in [-0.1, -0.05) is 104 Å². The number of aliphatic hydroxyl groups excluding tert-OH is 1. The average molecular weight is 443 g/mol. The number of rotatable bonds is 21. The van der Waals surface area contributed by atoms with Gasteiger partial charge < -0.3 is 9.66 Å². The summed E-state index contributed by atoms with van der Waals surface area (Å²) in [6, 6.07) is 0. The van der Waals surface area contributed by atoms with Crippen molar-refractivity contribution in [1.82, 2.24) is 0 Å². The van der Waals surface area contributed by atoms with Crippen LogP contribution in [0.25, 0.3) is 0 Å². The van der Waals surface area contributed by atoms with E-state index < -0.39 is 15.4 Å². The Kier molecular flexibility index (Phi) is 24.4. The van der Waals surface area contributed by atoms with E-state index in [4.69, 9.17) is 0 Å². The Morgan fingerprint density at radius 3 is 1.41 bits per heavy atom. The first-order valence-electron chi connectivity index (χ1n) is 12.0. The second-order valence-corrected chi connectivity index (χ2v) is 10.1. The van der Waals surface area contributed by atoms with Crippen LogP contribution in [0.4, 0.5) is 0 Å². The maximum absolute atomic E-state index is 11.0. The topological polar surface area (TPSA) is 77.4 Å². The van der Waals surface area contributed by atoms with Crippen LogP contribution in [-0.4, -0.2) is 29.4 Å². The molecule has 0 aliphatic rings. The van der Waals surface area contributed by atoms with Gasteiger partial charge in [0.05, 0.1) is 16.2 Å². The van der Waals surface area contributed by atoms with Crippen LogP contribution in [0, 0.1) is 0 Å². The Bertz CT molecular complexity index is 429. The van der Waals surface area contributed by atoms with Crippen molar-refractivity contribution in [3.8, 4) is 0 Å². The van der Waals surface area contributed by atoms with Gasteiger partial charge in [-0.15, -0.1) is 0 Å². The summed E-state index contributed by atoms with van der Waals surface area (Å²) < 4.78 is 33.1. The molecule has 0 fully saturated rings. The smallest absolute Gasteiger partial charge is 0.748 e. The van der Waals surface area contributed by atoms with Gasteiger partial charge in [-0.05, 0) is 32.1 Å². The summed E-state index contributed by atoms with van der Waals surface area (Å²) in [5.41, 5.74) is 0. The quantitative estimate of drug-likeness (QED) is 0.167. The first kappa shape index (κ1) is 32.1. The predicted octanol–water partition coefficient (Wildman–Crippen LogP) is 3.72. The summed E-state index contributed by atoms with van der Waals surface area (Å²) in [6.45, 7) is 3.99. The molecule has 1 N–H and O–H groups in total. The molecule has 0 heterocycles. The van der Waals surface area contributed by atoms with E-state index in [0.717, 1.165) is 12.8 Å². The van der Waals surface area contributed by atoms with Crippen molar-refractivity contribution in [3.63, 3.8) is 0 Å². The minimum absolute atomic E-state index is 0. The fourth-order valence-corrected chi connectivity index (χ4v) is 4.72. The van der Waals surface area contributed by atoms with Gasteiger partial charge in [0, 0.05) is 5.25 Å². The number of aliphatic hydroxyl groups is 1. The van der Waals surface area contributed by atoms with Crippen LogP contribution < -0.4 is 29.6 Å². The molecule has 6 heteroatoms. The second-order valence-electron chi connectivity index (χ2n) is 8.49. The van der Waals surface area contributed by atoms with E-state index >= 15 is 0 Å². The summed E-state index contributed by atoms with van der Waals surface area (Å²) in [7, 11) is -4.19. The molecule has 0 saturated carbocycles. The van der Waals surface area contributed by atoms with E-state index in [1.807, 2.05) is 0 Å². The van der Waals surface area contributed by atoms with Crippen LogP contribution in [0.2, 0.25) is 0 Å².